The average Bonchev–Trinajstić information content (AvgIpc) is 2.34. The van der Waals surface area contributed by atoms with E-state index in [1.807, 2.05) is 6.92 Å². The van der Waals surface area contributed by atoms with Crippen molar-refractivity contribution in [1.29, 1.82) is 0 Å². The normalized spacial score (nSPS) is 10.0. The highest BCUT2D eigenvalue weighted by molar-refractivity contribution is 5.93. The minimum atomic E-state index is -1.05. The van der Waals surface area contributed by atoms with Gasteiger partial charge < -0.3 is 5.11 Å². The Morgan fingerprint density at radius 3 is 2.59 bits per heavy atom. The van der Waals surface area contributed by atoms with Gasteiger partial charge in [0, 0.05) is 0 Å². The predicted molar refractivity (Wildman–Crippen MR) is 60.1 cm³/mol. The molecule has 0 aromatic heterocycles. The van der Waals surface area contributed by atoms with Crippen LogP contribution in [0.1, 0.15) is 46.0 Å². The van der Waals surface area contributed by atoms with Gasteiger partial charge in [0.05, 0.1) is 11.1 Å². The average molecular weight is 238 g/mol. The number of hydrogen-bond donors (Lipinski definition) is 2. The maximum Gasteiger partial charge on any atom is 0.373 e. The molecule has 0 fully saturated rings. The van der Waals surface area contributed by atoms with Crippen LogP contribution in [0.3, 0.4) is 0 Å². The predicted octanol–water partition coefficient (Wildman–Crippen LogP) is 2.36. The smallest absolute Gasteiger partial charge is 0.373 e. The van der Waals surface area contributed by atoms with Crippen molar-refractivity contribution in [1.82, 2.24) is 0 Å². The molecule has 0 amide bonds. The van der Waals surface area contributed by atoms with E-state index in [1.165, 1.54) is 18.2 Å². The standard InChI is InChI=1S/C12H14O5/c1-2-3-4-8-7-9(11(13)14)5-6-10(8)12(15)17-16/h5-7,16H,2-4H2,1H3,(H,13,14). The van der Waals surface area contributed by atoms with E-state index in [0.717, 1.165) is 12.8 Å². The summed E-state index contributed by atoms with van der Waals surface area (Å²) in [4.78, 5) is 25.7. The summed E-state index contributed by atoms with van der Waals surface area (Å²) in [5.74, 6) is -1.92. The van der Waals surface area contributed by atoms with Crippen LogP contribution in [0.25, 0.3) is 0 Å². The van der Waals surface area contributed by atoms with Crippen molar-refractivity contribution in [2.45, 2.75) is 26.2 Å². The number of benzene rings is 1. The third-order valence-corrected chi connectivity index (χ3v) is 2.45. The maximum absolute atomic E-state index is 11.3. The molecule has 92 valence electrons. The van der Waals surface area contributed by atoms with Gasteiger partial charge in [0.25, 0.3) is 0 Å². The molecule has 0 radical (unpaired) electrons. The molecule has 0 heterocycles. The van der Waals surface area contributed by atoms with Crippen LogP contribution < -0.4 is 0 Å². The second kappa shape index (κ2) is 6.00. The highest BCUT2D eigenvalue weighted by atomic mass is 17.1. The van der Waals surface area contributed by atoms with Gasteiger partial charge >= 0.3 is 11.9 Å². The van der Waals surface area contributed by atoms with Crippen LogP contribution in [-0.2, 0) is 11.3 Å². The number of aryl methyl sites for hydroxylation is 1. The first-order valence-corrected chi connectivity index (χ1v) is 5.32. The monoisotopic (exact) mass is 238 g/mol. The number of aromatic carboxylic acids is 1. The van der Waals surface area contributed by atoms with Crippen molar-refractivity contribution < 1.29 is 24.8 Å². The zero-order chi connectivity index (χ0) is 12.8. The van der Waals surface area contributed by atoms with Gasteiger partial charge in [0.15, 0.2) is 0 Å². The van der Waals surface area contributed by atoms with E-state index in [4.69, 9.17) is 10.4 Å². The topological polar surface area (TPSA) is 83.8 Å². The Hall–Kier alpha value is -1.88. The minimum absolute atomic E-state index is 0.116. The SMILES string of the molecule is CCCCc1cc(C(=O)O)ccc1C(=O)OO. The maximum atomic E-state index is 11.3. The lowest BCUT2D eigenvalue weighted by atomic mass is 9.99. The van der Waals surface area contributed by atoms with Gasteiger partial charge in [-0.2, -0.15) is 5.26 Å². The molecule has 2 N–H and O–H groups in total. The Labute approximate surface area is 98.6 Å². The van der Waals surface area contributed by atoms with Gasteiger partial charge in [0.1, 0.15) is 0 Å². The molecule has 0 atom stereocenters. The molecule has 1 aromatic carbocycles. The number of carboxylic acid groups (broad SMARTS) is 1. The van der Waals surface area contributed by atoms with Crippen LogP contribution in [0, 0.1) is 0 Å². The third-order valence-electron chi connectivity index (χ3n) is 2.45. The molecule has 17 heavy (non-hydrogen) atoms. The fourth-order valence-electron chi connectivity index (χ4n) is 1.55. The van der Waals surface area contributed by atoms with Crippen LogP contribution >= 0.6 is 0 Å². The van der Waals surface area contributed by atoms with Crippen LogP contribution in [0.15, 0.2) is 18.2 Å². The van der Waals surface area contributed by atoms with Crippen LogP contribution in [-0.4, -0.2) is 22.3 Å². The van der Waals surface area contributed by atoms with Crippen molar-refractivity contribution in [3.8, 4) is 0 Å². The summed E-state index contributed by atoms with van der Waals surface area (Å²) in [7, 11) is 0. The molecule has 1 aromatic rings. The quantitative estimate of drug-likeness (QED) is 0.607. The van der Waals surface area contributed by atoms with Crippen molar-refractivity contribution in [3.63, 3.8) is 0 Å². The van der Waals surface area contributed by atoms with Gasteiger partial charge in [-0.3, -0.25) is 4.89 Å². The Morgan fingerprint density at radius 2 is 2.06 bits per heavy atom. The largest absolute Gasteiger partial charge is 0.478 e. The summed E-state index contributed by atoms with van der Waals surface area (Å²) in [6.07, 6.45) is 2.32. The van der Waals surface area contributed by atoms with Gasteiger partial charge in [-0.15, -0.1) is 0 Å². The highest BCUT2D eigenvalue weighted by Crippen LogP contribution is 2.16. The molecular weight excluding hydrogens is 224 g/mol. The molecule has 0 saturated heterocycles. The minimum Gasteiger partial charge on any atom is -0.478 e. The van der Waals surface area contributed by atoms with E-state index in [-0.39, 0.29) is 11.1 Å². The summed E-state index contributed by atoms with van der Waals surface area (Å²) in [6.45, 7) is 1.99. The summed E-state index contributed by atoms with van der Waals surface area (Å²) in [5, 5.41) is 17.2. The molecule has 0 unspecified atom stereocenters. The third kappa shape index (κ3) is 3.29. The van der Waals surface area contributed by atoms with E-state index < -0.39 is 11.9 Å². The Bertz CT molecular complexity index is 425. The Kier molecular flexibility index (Phi) is 4.66. The lowest BCUT2D eigenvalue weighted by Gasteiger charge is -2.07. The van der Waals surface area contributed by atoms with E-state index in [0.29, 0.717) is 12.0 Å². The first-order valence-electron chi connectivity index (χ1n) is 5.32. The Morgan fingerprint density at radius 1 is 1.35 bits per heavy atom. The fraction of sp³-hybridized carbons (Fsp3) is 0.333. The van der Waals surface area contributed by atoms with Gasteiger partial charge in [0.2, 0.25) is 0 Å². The molecule has 0 aliphatic heterocycles. The summed E-state index contributed by atoms with van der Waals surface area (Å²) in [6, 6.07) is 4.10. The summed E-state index contributed by atoms with van der Waals surface area (Å²) >= 11 is 0. The fourth-order valence-corrected chi connectivity index (χ4v) is 1.55. The van der Waals surface area contributed by atoms with Gasteiger partial charge in [-0.1, -0.05) is 13.3 Å². The van der Waals surface area contributed by atoms with E-state index in [9.17, 15) is 9.59 Å². The first-order chi connectivity index (χ1) is 8.10. The molecule has 0 aliphatic rings. The zero-order valence-corrected chi connectivity index (χ0v) is 9.47. The molecule has 0 bridgehead atoms. The number of carbonyl (C=O) groups is 2. The van der Waals surface area contributed by atoms with Crippen molar-refractivity contribution in [2.24, 2.45) is 0 Å². The van der Waals surface area contributed by atoms with Crippen LogP contribution in [0.4, 0.5) is 0 Å². The first kappa shape index (κ1) is 13.2. The van der Waals surface area contributed by atoms with E-state index >= 15 is 0 Å². The molecule has 5 heteroatoms. The summed E-state index contributed by atoms with van der Waals surface area (Å²) in [5.41, 5.74) is 0.891. The number of carboxylic acids is 1. The van der Waals surface area contributed by atoms with Crippen molar-refractivity contribution in [2.75, 3.05) is 0 Å². The molecule has 0 spiro atoms. The van der Waals surface area contributed by atoms with E-state index in [1.54, 1.807) is 0 Å². The molecule has 0 aliphatic carbocycles. The molecule has 1 rings (SSSR count). The van der Waals surface area contributed by atoms with Crippen molar-refractivity contribution in [3.05, 3.63) is 34.9 Å². The lowest BCUT2D eigenvalue weighted by molar-refractivity contribution is -0.182. The van der Waals surface area contributed by atoms with Gasteiger partial charge in [-0.25, -0.2) is 9.59 Å². The number of unbranched alkanes of at least 4 members (excludes halogenated alkanes) is 1. The highest BCUT2D eigenvalue weighted by Gasteiger charge is 2.15. The number of rotatable bonds is 5. The Balaban J connectivity index is 3.11. The summed E-state index contributed by atoms with van der Waals surface area (Å²) < 4.78 is 0. The second-order valence-electron chi connectivity index (χ2n) is 3.66. The second-order valence-corrected chi connectivity index (χ2v) is 3.66. The van der Waals surface area contributed by atoms with Gasteiger partial charge in [-0.05, 0) is 36.6 Å². The zero-order valence-electron chi connectivity index (χ0n) is 9.47. The van der Waals surface area contributed by atoms with Crippen LogP contribution in [0.5, 0.6) is 0 Å². The number of carbonyl (C=O) groups excluding carboxylic acids is 1. The molecule has 5 nitrogen and oxygen atoms in total. The number of hydrogen-bond acceptors (Lipinski definition) is 4. The molecule has 0 saturated carbocycles. The van der Waals surface area contributed by atoms with Crippen LogP contribution in [0.2, 0.25) is 0 Å². The van der Waals surface area contributed by atoms with E-state index in [2.05, 4.69) is 4.89 Å². The van der Waals surface area contributed by atoms with Crippen molar-refractivity contribution >= 4 is 11.9 Å². The lowest BCUT2D eigenvalue weighted by Crippen LogP contribution is -2.08. The molecular formula is C12H14O5.